The number of likely N-dealkylation sites (N-methyl/N-ethyl adjacent to an activating group) is 2. The van der Waals surface area contributed by atoms with Crippen LogP contribution in [-0.2, 0) is 9.59 Å². The van der Waals surface area contributed by atoms with Gasteiger partial charge in [-0.2, -0.15) is 0 Å². The maximum absolute atomic E-state index is 12.0. The molecule has 2 N–H and O–H groups in total. The van der Waals surface area contributed by atoms with Crippen molar-refractivity contribution in [1.82, 2.24) is 15.5 Å². The number of nitrogens with one attached hydrogen (secondary N) is 2. The van der Waals surface area contributed by atoms with E-state index in [9.17, 15) is 14.4 Å². The third-order valence-corrected chi connectivity index (χ3v) is 3.04. The maximum Gasteiger partial charge on any atom is 0.286 e. The van der Waals surface area contributed by atoms with Crippen LogP contribution in [-0.4, -0.2) is 48.8 Å². The van der Waals surface area contributed by atoms with Crippen molar-refractivity contribution in [2.75, 3.05) is 26.2 Å². The van der Waals surface area contributed by atoms with Crippen molar-refractivity contribution in [2.45, 2.75) is 26.7 Å². The third kappa shape index (κ3) is 5.99. The molecular weight excluding hydrogens is 286 g/mol. The highest BCUT2D eigenvalue weighted by Crippen LogP contribution is 2.01. The largest absolute Gasteiger partial charge is 0.459 e. The molecule has 7 nitrogen and oxygen atoms in total. The number of carbonyl (C=O) groups is 3. The Kier molecular flexibility index (Phi) is 7.74. The Hall–Kier alpha value is -2.31. The smallest absolute Gasteiger partial charge is 0.286 e. The molecule has 22 heavy (non-hydrogen) atoms. The molecule has 0 fully saturated rings. The van der Waals surface area contributed by atoms with Crippen LogP contribution in [0.25, 0.3) is 0 Å². The fourth-order valence-corrected chi connectivity index (χ4v) is 1.90. The first-order valence-corrected chi connectivity index (χ1v) is 7.44. The van der Waals surface area contributed by atoms with E-state index in [2.05, 4.69) is 10.6 Å². The van der Waals surface area contributed by atoms with Gasteiger partial charge in [0.15, 0.2) is 5.76 Å². The normalized spacial score (nSPS) is 10.1. The van der Waals surface area contributed by atoms with E-state index in [-0.39, 0.29) is 36.4 Å². The summed E-state index contributed by atoms with van der Waals surface area (Å²) >= 11 is 0. The van der Waals surface area contributed by atoms with Crippen LogP contribution in [0, 0.1) is 0 Å². The number of furan rings is 1. The molecule has 0 saturated carbocycles. The second-order valence-electron chi connectivity index (χ2n) is 4.70. The van der Waals surface area contributed by atoms with Gasteiger partial charge >= 0.3 is 0 Å². The summed E-state index contributed by atoms with van der Waals surface area (Å²) in [6.07, 6.45) is 2.22. The first-order valence-electron chi connectivity index (χ1n) is 7.44. The summed E-state index contributed by atoms with van der Waals surface area (Å²) < 4.78 is 4.96. The van der Waals surface area contributed by atoms with Gasteiger partial charge in [0, 0.05) is 26.1 Å². The number of carbonyl (C=O) groups excluding carboxylic acids is 3. The van der Waals surface area contributed by atoms with E-state index in [4.69, 9.17) is 4.42 Å². The summed E-state index contributed by atoms with van der Waals surface area (Å²) in [5, 5.41) is 5.34. The monoisotopic (exact) mass is 309 g/mol. The molecule has 0 bridgehead atoms. The highest BCUT2D eigenvalue weighted by molar-refractivity contribution is 5.91. The Bertz CT molecular complexity index is 485. The standard InChI is InChI=1S/C15H23N3O4/c1-3-16-13(19)11-18(4-2)14(20)8-5-9-17-15(21)12-7-6-10-22-12/h6-7,10H,3-5,8-9,11H2,1-2H3,(H,16,19)(H,17,21). The number of hydrogen-bond acceptors (Lipinski definition) is 4. The summed E-state index contributed by atoms with van der Waals surface area (Å²) in [6, 6.07) is 3.21. The molecule has 0 atom stereocenters. The predicted octanol–water partition coefficient (Wildman–Crippen LogP) is 0.774. The highest BCUT2D eigenvalue weighted by Gasteiger charge is 2.15. The Labute approximate surface area is 130 Å². The molecule has 0 saturated heterocycles. The molecule has 1 rings (SSSR count). The average molecular weight is 309 g/mol. The molecule has 0 radical (unpaired) electrons. The number of nitrogens with zero attached hydrogens (tertiary/aromatic N) is 1. The van der Waals surface area contributed by atoms with Crippen molar-refractivity contribution in [3.8, 4) is 0 Å². The van der Waals surface area contributed by atoms with E-state index < -0.39 is 0 Å². The molecule has 1 aromatic heterocycles. The average Bonchev–Trinajstić information content (AvgIpc) is 3.03. The van der Waals surface area contributed by atoms with Crippen molar-refractivity contribution in [1.29, 1.82) is 0 Å². The predicted molar refractivity (Wildman–Crippen MR) is 81.2 cm³/mol. The third-order valence-electron chi connectivity index (χ3n) is 3.04. The van der Waals surface area contributed by atoms with E-state index in [0.717, 1.165) is 0 Å². The van der Waals surface area contributed by atoms with Gasteiger partial charge in [-0.1, -0.05) is 0 Å². The minimum Gasteiger partial charge on any atom is -0.459 e. The summed E-state index contributed by atoms with van der Waals surface area (Å²) in [4.78, 5) is 36.6. The molecule has 0 aromatic carbocycles. The van der Waals surface area contributed by atoms with Crippen molar-refractivity contribution < 1.29 is 18.8 Å². The minimum atomic E-state index is -0.299. The van der Waals surface area contributed by atoms with Gasteiger partial charge in [0.1, 0.15) is 0 Å². The molecule has 7 heteroatoms. The number of rotatable bonds is 9. The minimum absolute atomic E-state index is 0.0714. The molecule has 0 aliphatic rings. The molecule has 1 aromatic rings. The molecular formula is C15H23N3O4. The van der Waals surface area contributed by atoms with Crippen LogP contribution in [0.5, 0.6) is 0 Å². The fraction of sp³-hybridized carbons (Fsp3) is 0.533. The molecule has 0 spiro atoms. The summed E-state index contributed by atoms with van der Waals surface area (Å²) in [5.41, 5.74) is 0. The van der Waals surface area contributed by atoms with Crippen molar-refractivity contribution in [2.24, 2.45) is 0 Å². The zero-order valence-electron chi connectivity index (χ0n) is 13.1. The van der Waals surface area contributed by atoms with Gasteiger partial charge in [-0.3, -0.25) is 14.4 Å². The van der Waals surface area contributed by atoms with Crippen LogP contribution in [0.4, 0.5) is 0 Å². The van der Waals surface area contributed by atoms with Crippen LogP contribution in [0.3, 0.4) is 0 Å². The summed E-state index contributed by atoms with van der Waals surface area (Å²) in [5.74, 6) is -0.310. The van der Waals surface area contributed by atoms with Crippen molar-refractivity contribution in [3.05, 3.63) is 24.2 Å². The first kappa shape index (κ1) is 17.7. The summed E-state index contributed by atoms with van der Waals surface area (Å²) in [7, 11) is 0. The van der Waals surface area contributed by atoms with Crippen LogP contribution in [0.15, 0.2) is 22.8 Å². The topological polar surface area (TPSA) is 91.7 Å². The van der Waals surface area contributed by atoms with E-state index in [1.165, 1.54) is 11.2 Å². The van der Waals surface area contributed by atoms with Crippen LogP contribution < -0.4 is 10.6 Å². The molecule has 0 unspecified atom stereocenters. The molecule has 122 valence electrons. The lowest BCUT2D eigenvalue weighted by atomic mass is 10.2. The zero-order valence-corrected chi connectivity index (χ0v) is 13.1. The van der Waals surface area contributed by atoms with E-state index >= 15 is 0 Å². The van der Waals surface area contributed by atoms with Gasteiger partial charge < -0.3 is 20.0 Å². The zero-order chi connectivity index (χ0) is 16.4. The van der Waals surface area contributed by atoms with Gasteiger partial charge in [0.25, 0.3) is 5.91 Å². The Morgan fingerprint density at radius 2 is 2.00 bits per heavy atom. The Balaban J connectivity index is 2.26. The van der Waals surface area contributed by atoms with Gasteiger partial charge in [0.05, 0.1) is 12.8 Å². The lowest BCUT2D eigenvalue weighted by Gasteiger charge is -2.20. The second-order valence-corrected chi connectivity index (χ2v) is 4.70. The molecule has 3 amide bonds. The molecule has 0 aliphatic carbocycles. The van der Waals surface area contributed by atoms with E-state index in [1.54, 1.807) is 12.1 Å². The van der Waals surface area contributed by atoms with Gasteiger partial charge in [-0.05, 0) is 32.4 Å². The molecule has 0 aliphatic heterocycles. The van der Waals surface area contributed by atoms with Gasteiger partial charge in [-0.15, -0.1) is 0 Å². The van der Waals surface area contributed by atoms with E-state index in [1.807, 2.05) is 13.8 Å². The SMILES string of the molecule is CCNC(=O)CN(CC)C(=O)CCCNC(=O)c1ccco1. The number of amides is 3. The van der Waals surface area contributed by atoms with Gasteiger partial charge in [-0.25, -0.2) is 0 Å². The van der Waals surface area contributed by atoms with E-state index in [0.29, 0.717) is 26.1 Å². The van der Waals surface area contributed by atoms with Crippen molar-refractivity contribution >= 4 is 17.7 Å². The maximum atomic E-state index is 12.0. The first-order chi connectivity index (χ1) is 10.6. The summed E-state index contributed by atoms with van der Waals surface area (Å²) in [6.45, 7) is 5.14. The van der Waals surface area contributed by atoms with Gasteiger partial charge in [0.2, 0.25) is 11.8 Å². The quantitative estimate of drug-likeness (QED) is 0.659. The molecule has 1 heterocycles. The van der Waals surface area contributed by atoms with Crippen LogP contribution in [0.2, 0.25) is 0 Å². The lowest BCUT2D eigenvalue weighted by Crippen LogP contribution is -2.40. The second kappa shape index (κ2) is 9.59. The van der Waals surface area contributed by atoms with Crippen LogP contribution in [0.1, 0.15) is 37.2 Å². The number of hydrogen-bond donors (Lipinski definition) is 2. The Morgan fingerprint density at radius 1 is 1.23 bits per heavy atom. The Morgan fingerprint density at radius 3 is 2.59 bits per heavy atom. The fourth-order valence-electron chi connectivity index (χ4n) is 1.90. The highest BCUT2D eigenvalue weighted by atomic mass is 16.3. The van der Waals surface area contributed by atoms with Crippen molar-refractivity contribution in [3.63, 3.8) is 0 Å². The lowest BCUT2D eigenvalue weighted by molar-refractivity contribution is -0.135. The van der Waals surface area contributed by atoms with Crippen LogP contribution >= 0.6 is 0 Å².